The topological polar surface area (TPSA) is 21.3 Å². The second-order valence-corrected chi connectivity index (χ2v) is 6.86. The number of hydrogen-bond acceptors (Lipinski definition) is 3. The third-order valence-corrected chi connectivity index (χ3v) is 5.47. The summed E-state index contributed by atoms with van der Waals surface area (Å²) in [5, 5.41) is 4.43. The predicted molar refractivity (Wildman–Crippen MR) is 81.8 cm³/mol. The molecule has 104 valence electrons. The molecular weight excluding hydrogens is 254 g/mol. The molecule has 2 nitrogen and oxygen atoms in total. The Morgan fingerprint density at radius 3 is 3.05 bits per heavy atom. The molecule has 0 bridgehead atoms. The molecule has 3 rings (SSSR count). The Hall–Kier alpha value is -0.510. The lowest BCUT2D eigenvalue weighted by Gasteiger charge is -2.27. The third-order valence-electron chi connectivity index (χ3n) is 4.07. The highest BCUT2D eigenvalue weighted by molar-refractivity contribution is 7.99. The zero-order valence-corrected chi connectivity index (χ0v) is 12.3. The van der Waals surface area contributed by atoms with Gasteiger partial charge < -0.3 is 10.1 Å². The lowest BCUT2D eigenvalue weighted by Crippen LogP contribution is -2.32. The van der Waals surface area contributed by atoms with Crippen molar-refractivity contribution in [3.63, 3.8) is 0 Å². The fourth-order valence-corrected chi connectivity index (χ4v) is 4.26. The lowest BCUT2D eigenvalue weighted by molar-refractivity contribution is 0.0427. The Bertz CT molecular complexity index is 403. The van der Waals surface area contributed by atoms with Crippen LogP contribution in [0.5, 0.6) is 0 Å². The van der Waals surface area contributed by atoms with E-state index in [-0.39, 0.29) is 6.10 Å². The van der Waals surface area contributed by atoms with E-state index in [2.05, 4.69) is 41.3 Å². The number of thioether (sulfide) groups is 1. The molecule has 0 amide bonds. The van der Waals surface area contributed by atoms with Gasteiger partial charge in [-0.1, -0.05) is 30.7 Å². The van der Waals surface area contributed by atoms with Crippen molar-refractivity contribution in [2.45, 2.75) is 37.0 Å². The summed E-state index contributed by atoms with van der Waals surface area (Å²) in [5.74, 6) is 1.34. The lowest BCUT2D eigenvalue weighted by atomic mass is 9.97. The summed E-state index contributed by atoms with van der Waals surface area (Å²) in [6, 6.07) is 8.71. The molecule has 2 aliphatic heterocycles. The van der Waals surface area contributed by atoms with E-state index in [0.717, 1.165) is 31.4 Å². The molecule has 2 atom stereocenters. The number of nitrogens with one attached hydrogen (secondary N) is 1. The van der Waals surface area contributed by atoms with E-state index >= 15 is 0 Å². The molecule has 0 spiro atoms. The Labute approximate surface area is 120 Å². The first-order valence-corrected chi connectivity index (χ1v) is 8.50. The van der Waals surface area contributed by atoms with Crippen LogP contribution >= 0.6 is 11.8 Å². The fraction of sp³-hybridized carbons (Fsp3) is 0.625. The normalized spacial score (nSPS) is 26.9. The van der Waals surface area contributed by atoms with E-state index in [1.807, 2.05) is 0 Å². The van der Waals surface area contributed by atoms with Crippen LogP contribution < -0.4 is 5.32 Å². The molecular formula is C16H23NOS. The zero-order chi connectivity index (χ0) is 12.9. The molecule has 1 N–H and O–H groups in total. The summed E-state index contributed by atoms with van der Waals surface area (Å²) in [6.45, 7) is 2.95. The predicted octanol–water partition coefficient (Wildman–Crippen LogP) is 3.18. The minimum Gasteiger partial charge on any atom is -0.372 e. The van der Waals surface area contributed by atoms with Crippen LogP contribution in [0.3, 0.4) is 0 Å². The van der Waals surface area contributed by atoms with E-state index in [9.17, 15) is 0 Å². The molecule has 2 heterocycles. The maximum atomic E-state index is 5.92. The first kappa shape index (κ1) is 13.5. The van der Waals surface area contributed by atoms with Gasteiger partial charge in [-0.2, -0.15) is 11.8 Å². The molecule has 0 aromatic heterocycles. The minimum atomic E-state index is 0.249. The minimum absolute atomic E-state index is 0.249. The molecule has 0 saturated carbocycles. The molecule has 0 aliphatic carbocycles. The van der Waals surface area contributed by atoms with Crippen molar-refractivity contribution in [3.05, 3.63) is 35.4 Å². The van der Waals surface area contributed by atoms with Crippen LogP contribution in [0.25, 0.3) is 0 Å². The van der Waals surface area contributed by atoms with Crippen LogP contribution in [0.2, 0.25) is 0 Å². The Balaban J connectivity index is 1.50. The van der Waals surface area contributed by atoms with Gasteiger partial charge in [-0.25, -0.2) is 0 Å². The van der Waals surface area contributed by atoms with Crippen molar-refractivity contribution < 1.29 is 4.74 Å². The molecule has 1 fully saturated rings. The molecule has 0 radical (unpaired) electrons. The Morgan fingerprint density at radius 1 is 1.21 bits per heavy atom. The van der Waals surface area contributed by atoms with Crippen LogP contribution in [0.4, 0.5) is 0 Å². The molecule has 3 heteroatoms. The van der Waals surface area contributed by atoms with Gasteiger partial charge in [0.25, 0.3) is 0 Å². The van der Waals surface area contributed by atoms with Crippen LogP contribution in [0.1, 0.15) is 36.5 Å². The SMILES string of the molecule is c1ccc2c(c1)CCOC2CNCC1CCCCS1. The fourth-order valence-electron chi connectivity index (χ4n) is 2.99. The van der Waals surface area contributed by atoms with E-state index < -0.39 is 0 Å². The van der Waals surface area contributed by atoms with Gasteiger partial charge in [0, 0.05) is 18.3 Å². The van der Waals surface area contributed by atoms with Crippen molar-refractivity contribution in [2.24, 2.45) is 0 Å². The Kier molecular flexibility index (Phi) is 4.81. The van der Waals surface area contributed by atoms with Crippen LogP contribution in [0.15, 0.2) is 24.3 Å². The summed E-state index contributed by atoms with van der Waals surface area (Å²) in [7, 11) is 0. The highest BCUT2D eigenvalue weighted by Crippen LogP contribution is 2.27. The van der Waals surface area contributed by atoms with Crippen molar-refractivity contribution in [2.75, 3.05) is 25.4 Å². The largest absolute Gasteiger partial charge is 0.372 e. The van der Waals surface area contributed by atoms with Gasteiger partial charge in [-0.3, -0.25) is 0 Å². The van der Waals surface area contributed by atoms with Crippen molar-refractivity contribution >= 4 is 11.8 Å². The van der Waals surface area contributed by atoms with Gasteiger partial charge in [0.2, 0.25) is 0 Å². The zero-order valence-electron chi connectivity index (χ0n) is 11.4. The van der Waals surface area contributed by atoms with E-state index in [1.165, 1.54) is 36.1 Å². The number of hydrogen-bond donors (Lipinski definition) is 1. The summed E-state index contributed by atoms with van der Waals surface area (Å²) < 4.78 is 5.92. The smallest absolute Gasteiger partial charge is 0.0952 e. The van der Waals surface area contributed by atoms with Gasteiger partial charge >= 0.3 is 0 Å². The van der Waals surface area contributed by atoms with Gasteiger partial charge in [0.05, 0.1) is 12.7 Å². The van der Waals surface area contributed by atoms with Gasteiger partial charge in [-0.05, 0) is 36.1 Å². The molecule has 1 saturated heterocycles. The highest BCUT2D eigenvalue weighted by atomic mass is 32.2. The standard InChI is InChI=1S/C16H23NOS/c1-2-7-15-13(5-1)8-9-18-16(15)12-17-11-14-6-3-4-10-19-14/h1-2,5,7,14,16-17H,3-4,6,8-12H2. The molecule has 1 aromatic carbocycles. The summed E-state index contributed by atoms with van der Waals surface area (Å²) in [4.78, 5) is 0. The van der Waals surface area contributed by atoms with Crippen LogP contribution in [-0.2, 0) is 11.2 Å². The summed E-state index contributed by atoms with van der Waals surface area (Å²) in [5.41, 5.74) is 2.85. The number of benzene rings is 1. The van der Waals surface area contributed by atoms with Crippen molar-refractivity contribution in [1.82, 2.24) is 5.32 Å². The van der Waals surface area contributed by atoms with E-state index in [0.29, 0.717) is 0 Å². The maximum absolute atomic E-state index is 5.92. The second-order valence-electron chi connectivity index (χ2n) is 5.46. The van der Waals surface area contributed by atoms with Crippen LogP contribution in [-0.4, -0.2) is 30.7 Å². The average Bonchev–Trinajstić information content (AvgIpc) is 2.49. The number of rotatable bonds is 4. The first-order chi connectivity index (χ1) is 9.43. The number of fused-ring (bicyclic) bond motifs is 1. The molecule has 2 unspecified atom stereocenters. The quantitative estimate of drug-likeness (QED) is 0.913. The average molecular weight is 277 g/mol. The van der Waals surface area contributed by atoms with E-state index in [1.54, 1.807) is 0 Å². The summed E-state index contributed by atoms with van der Waals surface area (Å²) in [6.07, 6.45) is 5.49. The maximum Gasteiger partial charge on any atom is 0.0952 e. The van der Waals surface area contributed by atoms with Crippen molar-refractivity contribution in [3.8, 4) is 0 Å². The molecule has 2 aliphatic rings. The van der Waals surface area contributed by atoms with Crippen molar-refractivity contribution in [1.29, 1.82) is 0 Å². The monoisotopic (exact) mass is 277 g/mol. The molecule has 19 heavy (non-hydrogen) atoms. The number of ether oxygens (including phenoxy) is 1. The van der Waals surface area contributed by atoms with Crippen LogP contribution in [0, 0.1) is 0 Å². The summed E-state index contributed by atoms with van der Waals surface area (Å²) >= 11 is 2.13. The highest BCUT2D eigenvalue weighted by Gasteiger charge is 2.20. The van der Waals surface area contributed by atoms with E-state index in [4.69, 9.17) is 4.74 Å². The van der Waals surface area contributed by atoms with Gasteiger partial charge in [0.1, 0.15) is 0 Å². The van der Waals surface area contributed by atoms with Gasteiger partial charge in [0.15, 0.2) is 0 Å². The Morgan fingerprint density at radius 2 is 2.16 bits per heavy atom. The van der Waals surface area contributed by atoms with Gasteiger partial charge in [-0.15, -0.1) is 0 Å². The molecule has 1 aromatic rings. The first-order valence-electron chi connectivity index (χ1n) is 7.45. The third kappa shape index (κ3) is 3.53. The second kappa shape index (κ2) is 6.78.